The molecule has 0 aromatic heterocycles. The normalized spacial score (nSPS) is 12.3. The molecule has 0 amide bonds. The number of ether oxygens (including phenoxy) is 1. The summed E-state index contributed by atoms with van der Waals surface area (Å²) in [4.78, 5) is 7.35. The smallest absolute Gasteiger partial charge is 0.119 e. The van der Waals surface area contributed by atoms with E-state index in [2.05, 4.69) is 21.4 Å². The van der Waals surface area contributed by atoms with Crippen molar-refractivity contribution in [2.45, 2.75) is 32.8 Å². The molecular weight excluding hydrogens is 342 g/mol. The van der Waals surface area contributed by atoms with Gasteiger partial charge in [-0.25, -0.2) is 0 Å². The quantitative estimate of drug-likeness (QED) is 0.433. The van der Waals surface area contributed by atoms with Crippen molar-refractivity contribution in [2.75, 3.05) is 12.5 Å². The van der Waals surface area contributed by atoms with Gasteiger partial charge in [0.25, 0.3) is 0 Å². The highest BCUT2D eigenvalue weighted by atomic mass is 79.9. The maximum absolute atomic E-state index is 5.61. The van der Waals surface area contributed by atoms with E-state index in [9.17, 15) is 0 Å². The molecule has 1 aromatic rings. The Morgan fingerprint density at radius 2 is 1.95 bits per heavy atom. The van der Waals surface area contributed by atoms with E-state index >= 15 is 0 Å². The summed E-state index contributed by atoms with van der Waals surface area (Å²) < 4.78 is 5.56. The Balaban J connectivity index is 2.61. The van der Waals surface area contributed by atoms with Gasteiger partial charge < -0.3 is 4.74 Å². The predicted octanol–water partition coefficient (Wildman–Crippen LogP) is 4.71. The highest BCUT2D eigenvalue weighted by molar-refractivity contribution is 9.11. The van der Waals surface area contributed by atoms with E-state index < -0.39 is 0 Å². The zero-order valence-corrected chi connectivity index (χ0v) is 14.4. The second-order valence-corrected chi connectivity index (χ2v) is 6.09. The van der Waals surface area contributed by atoms with Crippen molar-refractivity contribution in [3.8, 4) is 5.75 Å². The molecule has 3 nitrogen and oxygen atoms in total. The lowest BCUT2D eigenvalue weighted by Gasteiger charge is -2.21. The summed E-state index contributed by atoms with van der Waals surface area (Å²) in [7, 11) is 0. The van der Waals surface area contributed by atoms with Crippen LogP contribution in [0.2, 0.25) is 0 Å². The second kappa shape index (κ2) is 8.55. The van der Waals surface area contributed by atoms with Gasteiger partial charge in [0, 0.05) is 16.4 Å². The van der Waals surface area contributed by atoms with Crippen molar-refractivity contribution >= 4 is 33.2 Å². The van der Waals surface area contributed by atoms with E-state index in [1.54, 1.807) is 4.99 Å². The Bertz CT molecular complexity index is 426. The zero-order chi connectivity index (χ0) is 15.0. The van der Waals surface area contributed by atoms with Gasteiger partial charge >= 0.3 is 0 Å². The zero-order valence-electron chi connectivity index (χ0n) is 12.1. The maximum atomic E-state index is 5.61. The van der Waals surface area contributed by atoms with Crippen LogP contribution in [0.5, 0.6) is 5.75 Å². The first-order valence-electron chi connectivity index (χ1n) is 6.50. The van der Waals surface area contributed by atoms with Crippen LogP contribution in [0.15, 0.2) is 29.3 Å². The summed E-state index contributed by atoms with van der Waals surface area (Å²) in [5.41, 5.74) is 4.56. The average Bonchev–Trinajstić information content (AvgIpc) is 2.40. The molecule has 0 fully saturated rings. The fourth-order valence-corrected chi connectivity index (χ4v) is 1.79. The fourth-order valence-electron chi connectivity index (χ4n) is 1.33. The molecule has 0 aliphatic rings. The summed E-state index contributed by atoms with van der Waals surface area (Å²) in [5.74, 6) is 1.45. The molecule has 112 valence electrons. The summed E-state index contributed by atoms with van der Waals surface area (Å²) >= 11 is 8.95. The third-order valence-corrected chi connectivity index (χ3v) is 3.01. The number of hydroxylamine groups is 1. The van der Waals surface area contributed by atoms with Gasteiger partial charge in [-0.15, -0.1) is 11.6 Å². The molecule has 0 saturated heterocycles. The van der Waals surface area contributed by atoms with Crippen molar-refractivity contribution < 1.29 is 9.57 Å². The molecule has 0 saturated carbocycles. The number of hydrogen-bond acceptors (Lipinski definition) is 3. The molecule has 1 aromatic carbocycles. The monoisotopic (exact) mass is 361 g/mol. The molecule has 0 unspecified atom stereocenters. The Labute approximate surface area is 134 Å². The molecule has 1 rings (SSSR count). The summed E-state index contributed by atoms with van der Waals surface area (Å²) in [5, 5.41) is 0. The summed E-state index contributed by atoms with van der Waals surface area (Å²) in [6.07, 6.45) is 0.844. The molecular formula is C15H21BrClNO2. The van der Waals surface area contributed by atoms with E-state index in [1.807, 2.05) is 45.0 Å². The van der Waals surface area contributed by atoms with Gasteiger partial charge in [0.05, 0.1) is 17.9 Å². The fraction of sp³-hybridized carbons (Fsp3) is 0.467. The van der Waals surface area contributed by atoms with Crippen LogP contribution in [0.3, 0.4) is 0 Å². The standard InChI is InChI=1S/C15H21BrClNO2/c1-15(2,3)20-18-14(11-16)12-5-7-13(8-6-12)19-10-4-9-17/h5-8,11,18H,4,9-10H2,1-3H3. The maximum Gasteiger partial charge on any atom is 0.119 e. The lowest BCUT2D eigenvalue weighted by molar-refractivity contribution is -0.0470. The van der Waals surface area contributed by atoms with Crippen molar-refractivity contribution in [1.82, 2.24) is 5.48 Å². The van der Waals surface area contributed by atoms with Crippen molar-refractivity contribution in [3.63, 3.8) is 0 Å². The molecule has 1 N–H and O–H groups in total. The highest BCUT2D eigenvalue weighted by Gasteiger charge is 2.12. The van der Waals surface area contributed by atoms with Crippen LogP contribution in [-0.2, 0) is 4.84 Å². The molecule has 0 aliphatic heterocycles. The number of halogens is 2. The first kappa shape index (κ1) is 17.3. The Hall–Kier alpha value is -0.710. The van der Waals surface area contributed by atoms with Crippen LogP contribution < -0.4 is 10.2 Å². The van der Waals surface area contributed by atoms with Gasteiger partial charge in [-0.2, -0.15) is 0 Å². The number of alkyl halides is 1. The average molecular weight is 363 g/mol. The van der Waals surface area contributed by atoms with Gasteiger partial charge in [0.1, 0.15) is 5.75 Å². The van der Waals surface area contributed by atoms with Gasteiger partial charge in [-0.05, 0) is 51.5 Å². The van der Waals surface area contributed by atoms with E-state index in [-0.39, 0.29) is 5.60 Å². The minimum atomic E-state index is -0.258. The van der Waals surface area contributed by atoms with Crippen LogP contribution in [-0.4, -0.2) is 18.1 Å². The van der Waals surface area contributed by atoms with E-state index in [4.69, 9.17) is 21.2 Å². The van der Waals surface area contributed by atoms with Gasteiger partial charge in [0.15, 0.2) is 0 Å². The number of rotatable bonds is 7. The molecule has 5 heteroatoms. The largest absolute Gasteiger partial charge is 0.494 e. The van der Waals surface area contributed by atoms with Gasteiger partial charge in [0.2, 0.25) is 0 Å². The van der Waals surface area contributed by atoms with E-state index in [1.165, 1.54) is 0 Å². The first-order chi connectivity index (χ1) is 9.46. The lowest BCUT2D eigenvalue weighted by Crippen LogP contribution is -2.28. The van der Waals surface area contributed by atoms with Crippen molar-refractivity contribution in [3.05, 3.63) is 34.8 Å². The number of nitrogens with one attached hydrogen (secondary N) is 1. The van der Waals surface area contributed by atoms with Crippen LogP contribution >= 0.6 is 27.5 Å². The van der Waals surface area contributed by atoms with Gasteiger partial charge in [-0.1, -0.05) is 15.9 Å². The predicted molar refractivity (Wildman–Crippen MR) is 88.2 cm³/mol. The van der Waals surface area contributed by atoms with E-state index in [0.29, 0.717) is 12.5 Å². The molecule has 0 spiro atoms. The van der Waals surface area contributed by atoms with Gasteiger partial charge in [-0.3, -0.25) is 10.3 Å². The Kier molecular flexibility index (Phi) is 7.41. The van der Waals surface area contributed by atoms with E-state index in [0.717, 1.165) is 23.4 Å². The van der Waals surface area contributed by atoms with Crippen LogP contribution in [0.4, 0.5) is 0 Å². The minimum Gasteiger partial charge on any atom is -0.494 e. The van der Waals surface area contributed by atoms with Crippen molar-refractivity contribution in [2.24, 2.45) is 0 Å². The summed E-state index contributed by atoms with van der Waals surface area (Å²) in [6.45, 7) is 6.59. The molecule has 20 heavy (non-hydrogen) atoms. The van der Waals surface area contributed by atoms with Crippen LogP contribution in [0.25, 0.3) is 5.70 Å². The molecule has 0 aliphatic carbocycles. The first-order valence-corrected chi connectivity index (χ1v) is 7.95. The third-order valence-electron chi connectivity index (χ3n) is 2.29. The molecule has 0 atom stereocenters. The van der Waals surface area contributed by atoms with Crippen LogP contribution in [0.1, 0.15) is 32.8 Å². The highest BCUT2D eigenvalue weighted by Crippen LogP contribution is 2.19. The second-order valence-electron chi connectivity index (χ2n) is 5.25. The number of benzene rings is 1. The van der Waals surface area contributed by atoms with Crippen molar-refractivity contribution in [1.29, 1.82) is 0 Å². The minimum absolute atomic E-state index is 0.258. The molecule has 0 heterocycles. The summed E-state index contributed by atoms with van der Waals surface area (Å²) in [6, 6.07) is 7.81. The Morgan fingerprint density at radius 1 is 1.30 bits per heavy atom. The SMILES string of the molecule is CC(C)(C)ONC(=CBr)c1ccc(OCCCCl)cc1. The topological polar surface area (TPSA) is 30.5 Å². The Morgan fingerprint density at radius 3 is 2.45 bits per heavy atom. The lowest BCUT2D eigenvalue weighted by atomic mass is 10.2. The number of hydrogen-bond donors (Lipinski definition) is 1. The van der Waals surface area contributed by atoms with Crippen LogP contribution in [0, 0.1) is 0 Å². The third kappa shape index (κ3) is 6.64. The molecule has 0 bridgehead atoms. The molecule has 0 radical (unpaired) electrons.